The molecule has 1 rings (SSSR count). The zero-order valence-corrected chi connectivity index (χ0v) is 10.4. The van der Waals surface area contributed by atoms with Crippen molar-refractivity contribution in [1.82, 2.24) is 10.6 Å². The van der Waals surface area contributed by atoms with Crippen molar-refractivity contribution in [2.45, 2.75) is 32.2 Å². The summed E-state index contributed by atoms with van der Waals surface area (Å²) < 4.78 is 0. The second kappa shape index (κ2) is 5.81. The summed E-state index contributed by atoms with van der Waals surface area (Å²) in [6.07, 6.45) is 0.888. The molecule has 0 aromatic heterocycles. The topological polar surface area (TPSA) is 122 Å². The number of carbonyl (C=O) groups is 3. The van der Waals surface area contributed by atoms with E-state index in [0.717, 1.165) is 13.1 Å². The van der Waals surface area contributed by atoms with Gasteiger partial charge in [-0.2, -0.15) is 0 Å². The lowest BCUT2D eigenvalue weighted by Crippen LogP contribution is -2.51. The van der Waals surface area contributed by atoms with Crippen LogP contribution >= 0.6 is 0 Å². The van der Waals surface area contributed by atoms with Crippen molar-refractivity contribution in [3.63, 3.8) is 0 Å². The van der Waals surface area contributed by atoms with Crippen molar-refractivity contribution in [1.29, 1.82) is 0 Å². The molecule has 1 atom stereocenters. The molecular formula is C11H19N3O4. The van der Waals surface area contributed by atoms with Crippen LogP contribution in [0.3, 0.4) is 0 Å². The summed E-state index contributed by atoms with van der Waals surface area (Å²) in [5.41, 5.74) is 4.37. The Morgan fingerprint density at radius 1 is 1.39 bits per heavy atom. The summed E-state index contributed by atoms with van der Waals surface area (Å²) >= 11 is 0. The lowest BCUT2D eigenvalue weighted by molar-refractivity contribution is -0.145. The van der Waals surface area contributed by atoms with Crippen molar-refractivity contribution in [2.24, 2.45) is 11.1 Å². The van der Waals surface area contributed by atoms with Gasteiger partial charge in [-0.25, -0.2) is 4.79 Å². The fourth-order valence-electron chi connectivity index (χ4n) is 1.94. The van der Waals surface area contributed by atoms with Gasteiger partial charge in [0.1, 0.15) is 6.04 Å². The summed E-state index contributed by atoms with van der Waals surface area (Å²) in [7, 11) is 0. The maximum absolute atomic E-state index is 12.1. The number of rotatable bonds is 5. The number of carboxylic acids is 1. The fourth-order valence-corrected chi connectivity index (χ4v) is 1.94. The number of aliphatic carboxylic acids is 1. The first-order chi connectivity index (χ1) is 8.35. The first-order valence-corrected chi connectivity index (χ1v) is 5.88. The maximum Gasteiger partial charge on any atom is 0.326 e. The molecule has 1 aliphatic heterocycles. The van der Waals surface area contributed by atoms with Crippen LogP contribution in [0, 0.1) is 5.41 Å². The molecular weight excluding hydrogens is 238 g/mol. The highest BCUT2D eigenvalue weighted by molar-refractivity contribution is 5.90. The van der Waals surface area contributed by atoms with Crippen LogP contribution in [0.1, 0.15) is 26.2 Å². The zero-order chi connectivity index (χ0) is 13.8. The molecule has 1 fully saturated rings. The molecule has 7 heteroatoms. The van der Waals surface area contributed by atoms with Gasteiger partial charge in [0, 0.05) is 5.41 Å². The van der Waals surface area contributed by atoms with Crippen LogP contribution in [0.5, 0.6) is 0 Å². The molecule has 2 amide bonds. The first kappa shape index (κ1) is 14.4. The number of nitrogens with one attached hydrogen (secondary N) is 2. The predicted octanol–water partition coefficient (Wildman–Crippen LogP) is -1.18. The minimum Gasteiger partial charge on any atom is -0.480 e. The molecule has 0 aromatic rings. The molecule has 0 bridgehead atoms. The smallest absolute Gasteiger partial charge is 0.326 e. The van der Waals surface area contributed by atoms with Crippen LogP contribution in [0.15, 0.2) is 0 Å². The predicted molar refractivity (Wildman–Crippen MR) is 63.6 cm³/mol. The molecule has 0 unspecified atom stereocenters. The van der Waals surface area contributed by atoms with Gasteiger partial charge < -0.3 is 21.5 Å². The molecule has 18 heavy (non-hydrogen) atoms. The highest BCUT2D eigenvalue weighted by Gasteiger charge is 2.36. The Labute approximate surface area is 105 Å². The summed E-state index contributed by atoms with van der Waals surface area (Å²) in [4.78, 5) is 33.7. The number of hydrogen-bond acceptors (Lipinski definition) is 4. The number of amides is 2. The minimum atomic E-state index is -1.25. The van der Waals surface area contributed by atoms with E-state index in [4.69, 9.17) is 10.8 Å². The van der Waals surface area contributed by atoms with Gasteiger partial charge in [0.25, 0.3) is 0 Å². The van der Waals surface area contributed by atoms with Gasteiger partial charge in [-0.3, -0.25) is 9.59 Å². The van der Waals surface area contributed by atoms with E-state index in [-0.39, 0.29) is 5.91 Å². The van der Waals surface area contributed by atoms with Gasteiger partial charge in [-0.15, -0.1) is 0 Å². The van der Waals surface area contributed by atoms with E-state index < -0.39 is 29.8 Å². The Kier molecular flexibility index (Phi) is 4.66. The Bertz CT molecular complexity index is 350. The standard InChI is InChI=1S/C11H19N3O4/c1-11(2-4-13-5-3-11)10(18)14-7(9(16)17)6-8(12)15/h7,13H,2-6H2,1H3,(H2,12,15)(H,14,18)(H,16,17)/t7-/m1/s1. The monoisotopic (exact) mass is 257 g/mol. The third-order valence-electron chi connectivity index (χ3n) is 3.26. The van der Waals surface area contributed by atoms with E-state index in [1.54, 1.807) is 6.92 Å². The van der Waals surface area contributed by atoms with Gasteiger partial charge in [0.15, 0.2) is 0 Å². The summed E-state index contributed by atoms with van der Waals surface area (Å²) in [5.74, 6) is -2.34. The van der Waals surface area contributed by atoms with Gasteiger partial charge in [0.05, 0.1) is 6.42 Å². The van der Waals surface area contributed by atoms with E-state index in [9.17, 15) is 14.4 Å². The summed E-state index contributed by atoms with van der Waals surface area (Å²) in [6, 6.07) is -1.25. The number of hydrogen-bond donors (Lipinski definition) is 4. The molecule has 1 saturated heterocycles. The van der Waals surface area contributed by atoms with Crippen molar-refractivity contribution in [3.05, 3.63) is 0 Å². The van der Waals surface area contributed by atoms with Crippen LogP contribution < -0.4 is 16.4 Å². The van der Waals surface area contributed by atoms with E-state index in [2.05, 4.69) is 10.6 Å². The van der Waals surface area contributed by atoms with E-state index >= 15 is 0 Å². The third kappa shape index (κ3) is 3.69. The zero-order valence-electron chi connectivity index (χ0n) is 10.4. The molecule has 0 radical (unpaired) electrons. The largest absolute Gasteiger partial charge is 0.480 e. The van der Waals surface area contributed by atoms with Crippen molar-refractivity contribution >= 4 is 17.8 Å². The molecule has 7 nitrogen and oxygen atoms in total. The van der Waals surface area contributed by atoms with E-state index in [1.807, 2.05) is 0 Å². The number of primary amides is 1. The molecule has 5 N–H and O–H groups in total. The summed E-state index contributed by atoms with van der Waals surface area (Å²) in [6.45, 7) is 3.24. The molecule has 102 valence electrons. The normalized spacial score (nSPS) is 19.8. The molecule has 0 aliphatic carbocycles. The van der Waals surface area contributed by atoms with Crippen LogP contribution in [0.25, 0.3) is 0 Å². The van der Waals surface area contributed by atoms with E-state index in [0.29, 0.717) is 12.8 Å². The molecule has 0 spiro atoms. The first-order valence-electron chi connectivity index (χ1n) is 5.88. The Hall–Kier alpha value is -1.63. The molecule has 0 saturated carbocycles. The maximum atomic E-state index is 12.1. The minimum absolute atomic E-state index is 0.336. The van der Waals surface area contributed by atoms with Crippen molar-refractivity contribution in [3.8, 4) is 0 Å². The Morgan fingerprint density at radius 2 is 1.94 bits per heavy atom. The second-order valence-electron chi connectivity index (χ2n) is 4.85. The highest BCUT2D eigenvalue weighted by atomic mass is 16.4. The van der Waals surface area contributed by atoms with Crippen LogP contribution in [0.2, 0.25) is 0 Å². The van der Waals surface area contributed by atoms with Gasteiger partial charge in [-0.1, -0.05) is 6.92 Å². The fraction of sp³-hybridized carbons (Fsp3) is 0.727. The Morgan fingerprint density at radius 3 is 2.39 bits per heavy atom. The average Bonchev–Trinajstić information content (AvgIpc) is 2.28. The van der Waals surface area contributed by atoms with Crippen molar-refractivity contribution < 1.29 is 19.5 Å². The molecule has 1 heterocycles. The highest BCUT2D eigenvalue weighted by Crippen LogP contribution is 2.28. The lowest BCUT2D eigenvalue weighted by Gasteiger charge is -2.33. The van der Waals surface area contributed by atoms with Crippen LogP contribution in [0.4, 0.5) is 0 Å². The number of nitrogens with two attached hydrogens (primary N) is 1. The number of piperidine rings is 1. The van der Waals surface area contributed by atoms with Crippen molar-refractivity contribution in [2.75, 3.05) is 13.1 Å². The Balaban J connectivity index is 2.65. The van der Waals surface area contributed by atoms with Crippen LogP contribution in [-0.2, 0) is 14.4 Å². The van der Waals surface area contributed by atoms with Gasteiger partial charge in [0.2, 0.25) is 11.8 Å². The number of carboxylic acid groups (broad SMARTS) is 1. The third-order valence-corrected chi connectivity index (χ3v) is 3.26. The number of carbonyl (C=O) groups excluding carboxylic acids is 2. The SMILES string of the molecule is CC1(C(=O)N[C@H](CC(N)=O)C(=O)O)CCNCC1. The average molecular weight is 257 g/mol. The van der Waals surface area contributed by atoms with Gasteiger partial charge in [-0.05, 0) is 25.9 Å². The van der Waals surface area contributed by atoms with Crippen LogP contribution in [-0.4, -0.2) is 42.0 Å². The quantitative estimate of drug-likeness (QED) is 0.494. The van der Waals surface area contributed by atoms with E-state index in [1.165, 1.54) is 0 Å². The van der Waals surface area contributed by atoms with Gasteiger partial charge >= 0.3 is 5.97 Å². The summed E-state index contributed by atoms with van der Waals surface area (Å²) in [5, 5.41) is 14.4. The second-order valence-corrected chi connectivity index (χ2v) is 4.85. The lowest BCUT2D eigenvalue weighted by atomic mass is 9.80. The molecule has 0 aromatic carbocycles. The molecule has 1 aliphatic rings.